The molecule has 0 unspecified atom stereocenters. The predicted molar refractivity (Wildman–Crippen MR) is 109 cm³/mol. The summed E-state index contributed by atoms with van der Waals surface area (Å²) < 4.78 is 24.3. The van der Waals surface area contributed by atoms with Crippen LogP contribution in [0.3, 0.4) is 0 Å². The summed E-state index contributed by atoms with van der Waals surface area (Å²) in [5.41, 5.74) is 1.58. The van der Waals surface area contributed by atoms with Crippen LogP contribution in [0.15, 0.2) is 40.6 Å². The quantitative estimate of drug-likeness (QED) is 0.779. The SMILES string of the molecule is CC(C)S(=O)(=O)c1ccc(C(=O)NCCC(=O)N2CCc3sccc3C2)cc1. The molecular weight excluding hydrogens is 396 g/mol. The smallest absolute Gasteiger partial charge is 0.251 e. The second-order valence-electron chi connectivity index (χ2n) is 7.06. The number of rotatable bonds is 6. The number of thiophene rings is 1. The van der Waals surface area contributed by atoms with Crippen molar-refractivity contribution in [3.05, 3.63) is 51.7 Å². The van der Waals surface area contributed by atoms with Crippen LogP contribution in [-0.2, 0) is 27.6 Å². The van der Waals surface area contributed by atoms with Crippen molar-refractivity contribution < 1.29 is 18.0 Å². The number of fused-ring (bicyclic) bond motifs is 1. The molecular formula is C20H24N2O4S2. The van der Waals surface area contributed by atoms with Crippen molar-refractivity contribution in [2.75, 3.05) is 13.1 Å². The van der Waals surface area contributed by atoms with Crippen LogP contribution in [-0.4, -0.2) is 43.5 Å². The van der Waals surface area contributed by atoms with Crippen LogP contribution < -0.4 is 5.32 Å². The van der Waals surface area contributed by atoms with Gasteiger partial charge in [-0.1, -0.05) is 0 Å². The Kier molecular flexibility index (Phi) is 6.20. The number of hydrogen-bond donors (Lipinski definition) is 1. The molecule has 1 aromatic heterocycles. The highest BCUT2D eigenvalue weighted by molar-refractivity contribution is 7.92. The van der Waals surface area contributed by atoms with Gasteiger partial charge in [-0.05, 0) is 61.5 Å². The zero-order valence-electron chi connectivity index (χ0n) is 16.0. The Balaban J connectivity index is 1.50. The van der Waals surface area contributed by atoms with Crippen LogP contribution in [0.2, 0.25) is 0 Å². The number of benzene rings is 1. The molecule has 0 spiro atoms. The maximum absolute atomic E-state index is 12.4. The molecule has 28 heavy (non-hydrogen) atoms. The number of nitrogens with zero attached hydrogens (tertiary/aromatic N) is 1. The van der Waals surface area contributed by atoms with E-state index in [1.54, 1.807) is 25.2 Å². The summed E-state index contributed by atoms with van der Waals surface area (Å²) in [6.45, 7) is 4.84. The van der Waals surface area contributed by atoms with E-state index in [0.29, 0.717) is 18.7 Å². The summed E-state index contributed by atoms with van der Waals surface area (Å²) in [5, 5.41) is 4.27. The van der Waals surface area contributed by atoms with E-state index in [0.717, 1.165) is 6.42 Å². The monoisotopic (exact) mass is 420 g/mol. The summed E-state index contributed by atoms with van der Waals surface area (Å²) in [4.78, 5) is 28.0. The minimum Gasteiger partial charge on any atom is -0.352 e. The second-order valence-corrected chi connectivity index (χ2v) is 10.6. The molecule has 0 fully saturated rings. The van der Waals surface area contributed by atoms with Gasteiger partial charge in [0.1, 0.15) is 0 Å². The average molecular weight is 421 g/mol. The summed E-state index contributed by atoms with van der Waals surface area (Å²) in [7, 11) is -3.36. The van der Waals surface area contributed by atoms with Crippen LogP contribution in [0, 0.1) is 0 Å². The van der Waals surface area contributed by atoms with Crippen molar-refractivity contribution in [2.45, 2.75) is 43.4 Å². The van der Waals surface area contributed by atoms with Gasteiger partial charge in [0.15, 0.2) is 9.84 Å². The van der Waals surface area contributed by atoms with Gasteiger partial charge in [-0.3, -0.25) is 9.59 Å². The second kappa shape index (κ2) is 8.45. The highest BCUT2D eigenvalue weighted by Gasteiger charge is 2.22. The molecule has 0 saturated carbocycles. The van der Waals surface area contributed by atoms with Gasteiger partial charge in [0, 0.05) is 36.5 Å². The van der Waals surface area contributed by atoms with Gasteiger partial charge >= 0.3 is 0 Å². The third kappa shape index (κ3) is 4.44. The van der Waals surface area contributed by atoms with Crippen molar-refractivity contribution in [3.63, 3.8) is 0 Å². The van der Waals surface area contributed by atoms with Crippen LogP contribution >= 0.6 is 11.3 Å². The van der Waals surface area contributed by atoms with Gasteiger partial charge in [0.25, 0.3) is 5.91 Å². The minimum absolute atomic E-state index is 0.0236. The Hall–Kier alpha value is -2.19. The van der Waals surface area contributed by atoms with E-state index in [1.165, 1.54) is 34.7 Å². The molecule has 2 amide bonds. The van der Waals surface area contributed by atoms with Gasteiger partial charge in [0.2, 0.25) is 5.91 Å². The van der Waals surface area contributed by atoms with Gasteiger partial charge < -0.3 is 10.2 Å². The van der Waals surface area contributed by atoms with Crippen LogP contribution in [0.25, 0.3) is 0 Å². The molecule has 8 heteroatoms. The highest BCUT2D eigenvalue weighted by Crippen LogP contribution is 2.24. The Labute approximate surface area is 169 Å². The molecule has 1 N–H and O–H groups in total. The molecule has 0 bridgehead atoms. The lowest BCUT2D eigenvalue weighted by Gasteiger charge is -2.27. The minimum atomic E-state index is -3.36. The molecule has 6 nitrogen and oxygen atoms in total. The number of hydrogen-bond acceptors (Lipinski definition) is 5. The molecule has 0 aliphatic carbocycles. The first-order valence-corrected chi connectivity index (χ1v) is 11.7. The van der Waals surface area contributed by atoms with Crippen molar-refractivity contribution in [2.24, 2.45) is 0 Å². The predicted octanol–water partition coefficient (Wildman–Crippen LogP) is 2.64. The lowest BCUT2D eigenvalue weighted by Crippen LogP contribution is -2.37. The van der Waals surface area contributed by atoms with Gasteiger partial charge in [-0.2, -0.15) is 0 Å². The Bertz CT molecular complexity index is 962. The fraction of sp³-hybridized carbons (Fsp3) is 0.400. The zero-order valence-corrected chi connectivity index (χ0v) is 17.6. The van der Waals surface area contributed by atoms with Crippen molar-refractivity contribution in [1.29, 1.82) is 0 Å². The van der Waals surface area contributed by atoms with Crippen molar-refractivity contribution in [3.8, 4) is 0 Å². The maximum atomic E-state index is 12.4. The number of amides is 2. The molecule has 0 atom stereocenters. The number of nitrogens with one attached hydrogen (secondary N) is 1. The molecule has 2 aromatic rings. The standard InChI is InChI=1S/C20H24N2O4S2/c1-14(2)28(25,26)17-5-3-15(4-6-17)20(24)21-10-7-19(23)22-11-8-18-16(13-22)9-12-27-18/h3-6,9,12,14H,7-8,10-11,13H2,1-2H3,(H,21,24). The molecule has 1 aliphatic heterocycles. The molecule has 2 heterocycles. The zero-order chi connectivity index (χ0) is 20.3. The molecule has 1 aromatic carbocycles. The van der Waals surface area contributed by atoms with E-state index in [2.05, 4.69) is 16.8 Å². The largest absolute Gasteiger partial charge is 0.352 e. The summed E-state index contributed by atoms with van der Waals surface area (Å²) in [6.07, 6.45) is 1.13. The molecule has 0 saturated heterocycles. The van der Waals surface area contributed by atoms with E-state index < -0.39 is 15.1 Å². The van der Waals surface area contributed by atoms with E-state index in [-0.39, 0.29) is 29.7 Å². The summed E-state index contributed by atoms with van der Waals surface area (Å²) in [6, 6.07) is 7.94. The Morgan fingerprint density at radius 3 is 2.57 bits per heavy atom. The van der Waals surface area contributed by atoms with Gasteiger partial charge in [-0.25, -0.2) is 8.42 Å². The number of carbonyl (C=O) groups excluding carboxylic acids is 2. The third-order valence-corrected chi connectivity index (χ3v) is 8.04. The lowest BCUT2D eigenvalue weighted by atomic mass is 10.1. The normalized spacial score (nSPS) is 14.0. The van der Waals surface area contributed by atoms with E-state index in [1.807, 2.05) is 4.90 Å². The van der Waals surface area contributed by atoms with Crippen LogP contribution in [0.4, 0.5) is 0 Å². The van der Waals surface area contributed by atoms with Gasteiger partial charge in [-0.15, -0.1) is 11.3 Å². The van der Waals surface area contributed by atoms with E-state index in [4.69, 9.17) is 0 Å². The fourth-order valence-corrected chi connectivity index (χ4v) is 5.02. The summed E-state index contributed by atoms with van der Waals surface area (Å²) in [5.74, 6) is -0.296. The van der Waals surface area contributed by atoms with Crippen LogP contribution in [0.1, 0.15) is 41.1 Å². The Morgan fingerprint density at radius 2 is 1.89 bits per heavy atom. The van der Waals surface area contributed by atoms with E-state index in [9.17, 15) is 18.0 Å². The number of sulfone groups is 1. The summed E-state index contributed by atoms with van der Waals surface area (Å²) >= 11 is 1.73. The highest BCUT2D eigenvalue weighted by atomic mass is 32.2. The molecule has 0 radical (unpaired) electrons. The molecule has 150 valence electrons. The van der Waals surface area contributed by atoms with Gasteiger partial charge in [0.05, 0.1) is 10.1 Å². The molecule has 1 aliphatic rings. The Morgan fingerprint density at radius 1 is 1.18 bits per heavy atom. The number of carbonyl (C=O) groups is 2. The lowest BCUT2D eigenvalue weighted by molar-refractivity contribution is -0.131. The topological polar surface area (TPSA) is 83.5 Å². The fourth-order valence-electron chi connectivity index (χ4n) is 3.07. The van der Waals surface area contributed by atoms with Crippen molar-refractivity contribution >= 4 is 33.0 Å². The van der Waals surface area contributed by atoms with Crippen molar-refractivity contribution in [1.82, 2.24) is 10.2 Å². The maximum Gasteiger partial charge on any atom is 0.251 e. The first kappa shape index (κ1) is 20.5. The third-order valence-electron chi connectivity index (χ3n) is 4.85. The van der Waals surface area contributed by atoms with E-state index >= 15 is 0 Å². The molecule has 3 rings (SSSR count). The first-order valence-electron chi connectivity index (χ1n) is 9.24. The average Bonchev–Trinajstić information content (AvgIpc) is 3.15. The first-order chi connectivity index (χ1) is 13.3. The van der Waals surface area contributed by atoms with Crippen LogP contribution in [0.5, 0.6) is 0 Å².